The van der Waals surface area contributed by atoms with Crippen molar-refractivity contribution in [2.24, 2.45) is 0 Å². The van der Waals surface area contributed by atoms with Gasteiger partial charge in [-0.25, -0.2) is 0 Å². The fraction of sp³-hybridized carbons (Fsp3) is 0. The largest absolute Gasteiger partial charge is 0.102 e. The molecule has 0 rings (SSSR count). The second kappa shape index (κ2) is 13.5. The lowest BCUT2D eigenvalue weighted by molar-refractivity contribution is 4.60. The van der Waals surface area contributed by atoms with Crippen LogP contribution in [0.5, 0.6) is 0 Å². The van der Waals surface area contributed by atoms with Gasteiger partial charge in [0.2, 0.25) is 0 Å². The number of rotatable bonds is 7. The Balaban J connectivity index is 4.73. The topological polar surface area (TPSA) is 0 Å². The van der Waals surface area contributed by atoms with Gasteiger partial charge in [0.1, 0.15) is 0 Å². The maximum Gasteiger partial charge on any atom is -0.0121 e. The summed E-state index contributed by atoms with van der Waals surface area (Å²) in [7, 11) is 29.0. The molecule has 0 fully saturated rings. The summed E-state index contributed by atoms with van der Waals surface area (Å²) in [6, 6.07) is 0. The Hall–Kier alpha value is 7.31. The monoisotopic (exact) mass is 546 g/mol. The molecule has 0 aliphatic carbocycles. The Labute approximate surface area is 136 Å². The van der Waals surface area contributed by atoms with E-state index in [0.29, 0.717) is 0 Å². The van der Waals surface area contributed by atoms with Crippen molar-refractivity contribution >= 4 is 137 Å². The molecule has 0 aromatic carbocycles. The number of hydrogen-bond acceptors (Lipinski definition) is 0. The van der Waals surface area contributed by atoms with Crippen molar-refractivity contribution in [3.63, 3.8) is 0 Å². The molecule has 0 saturated carbocycles. The van der Waals surface area contributed by atoms with E-state index in [2.05, 4.69) is 80.4 Å². The minimum absolute atomic E-state index is 0.0813. The first kappa shape index (κ1) is 24.3. The van der Waals surface area contributed by atoms with Crippen LogP contribution in [0.3, 0.4) is 0 Å². The standard InChI is InChI=1S/H19P17/c1-11(2)15(9)17(14(7)8)10-16(12(3)4)13(5)6/h10H,1-9H2. The van der Waals surface area contributed by atoms with Gasteiger partial charge in [0.05, 0.1) is 0 Å². The van der Waals surface area contributed by atoms with E-state index in [-0.39, 0.29) is 48.9 Å². The predicted octanol–water partition coefficient (Wildman–Crippen LogP) is 9.55. The molecule has 0 radical (unpaired) electrons. The molecule has 0 amide bonds. The van der Waals surface area contributed by atoms with Crippen LogP contribution in [0.2, 0.25) is 0 Å². The first-order valence-electron chi connectivity index (χ1n) is 3.77. The van der Waals surface area contributed by atoms with Crippen LogP contribution in [-0.2, 0) is 0 Å². The Morgan fingerprint density at radius 3 is 1.06 bits per heavy atom. The zero-order chi connectivity index (χ0) is 13.7. The van der Waals surface area contributed by atoms with Gasteiger partial charge in [-0.3, -0.25) is 0 Å². The highest BCUT2D eigenvalue weighted by Crippen LogP contribution is 3.19. The molecule has 0 spiro atoms. The maximum atomic E-state index is 3.19. The highest BCUT2D eigenvalue weighted by Gasteiger charge is 2.29. The maximum absolute atomic E-state index is 3.19. The normalized spacial score (nSPS) is 17.3. The molecule has 0 saturated heterocycles. The van der Waals surface area contributed by atoms with E-state index >= 15 is 0 Å². The van der Waals surface area contributed by atoms with Gasteiger partial charge >= 0.3 is 0 Å². The van der Waals surface area contributed by atoms with E-state index < -0.39 is 0 Å². The molecule has 17 heavy (non-hydrogen) atoms. The van der Waals surface area contributed by atoms with Gasteiger partial charge < -0.3 is 0 Å². The van der Waals surface area contributed by atoms with Gasteiger partial charge in [-0.2, -0.15) is 0 Å². The van der Waals surface area contributed by atoms with Crippen LogP contribution in [0.4, 0.5) is 0 Å². The van der Waals surface area contributed by atoms with Gasteiger partial charge in [0.15, 0.2) is 0 Å². The summed E-state index contributed by atoms with van der Waals surface area (Å²) in [4.78, 5) is 0. The second-order valence-corrected chi connectivity index (χ2v) is 68.0. The summed E-state index contributed by atoms with van der Waals surface area (Å²) in [5.74, 6) is 0. The smallest absolute Gasteiger partial charge is 0.0121 e. The Kier molecular flexibility index (Phi) is 19.3. The van der Waals surface area contributed by atoms with Crippen LogP contribution < -0.4 is 0 Å². The lowest BCUT2D eigenvalue weighted by Crippen LogP contribution is -1.46. The molecule has 0 bridgehead atoms. The van der Waals surface area contributed by atoms with Crippen LogP contribution in [0.15, 0.2) is 0 Å². The van der Waals surface area contributed by atoms with Crippen molar-refractivity contribution in [1.82, 2.24) is 0 Å². The zero-order valence-corrected chi connectivity index (χ0v) is 26.5. The first-order chi connectivity index (χ1) is 7.68. The van der Waals surface area contributed by atoms with Crippen LogP contribution in [0.1, 0.15) is 0 Å². The molecule has 0 aromatic heterocycles. The summed E-state index contributed by atoms with van der Waals surface area (Å²) in [6.07, 6.45) is 0. The van der Waals surface area contributed by atoms with Crippen LogP contribution >= 0.6 is 137 Å². The van der Waals surface area contributed by atoms with E-state index in [4.69, 9.17) is 0 Å². The summed E-state index contributed by atoms with van der Waals surface area (Å²) < 4.78 is 0. The molecule has 12 unspecified atom stereocenters. The minimum Gasteiger partial charge on any atom is -0.102 e. The van der Waals surface area contributed by atoms with Crippen molar-refractivity contribution in [2.45, 2.75) is 0 Å². The molecule has 0 aliphatic rings. The van der Waals surface area contributed by atoms with Crippen molar-refractivity contribution < 1.29 is 0 Å². The van der Waals surface area contributed by atoms with Gasteiger partial charge in [0, 0.05) is 0 Å². The molecule has 17 heteroatoms. The molecule has 0 aliphatic heterocycles. The van der Waals surface area contributed by atoms with Crippen molar-refractivity contribution in [3.05, 3.63) is 0 Å². The lowest BCUT2D eigenvalue weighted by Gasteiger charge is -2.35. The van der Waals surface area contributed by atoms with E-state index in [1.165, 1.54) is 7.96 Å². The predicted molar refractivity (Wildman–Crippen MR) is 144 cm³/mol. The Bertz CT molecular complexity index is 180. The van der Waals surface area contributed by atoms with Crippen LogP contribution in [0, 0.1) is 0 Å². The molecule has 12 atom stereocenters. The van der Waals surface area contributed by atoms with Crippen LogP contribution in [0.25, 0.3) is 0 Å². The SMILES string of the molecule is PP(P)P(P)P(PP(P(P)P)P(P)P)P(P)P. The highest BCUT2D eigenvalue weighted by atomic mass is 33.3. The second-order valence-electron chi connectivity index (χ2n) is 2.52. The summed E-state index contributed by atoms with van der Waals surface area (Å²) in [5, 5.41) is 0. The third kappa shape index (κ3) is 10.8. The molecule has 0 heterocycles. The van der Waals surface area contributed by atoms with Crippen LogP contribution in [-0.4, -0.2) is 0 Å². The average Bonchev–Trinajstić information content (AvgIpc) is 2.15. The number of hydrogen-bond donors (Lipinski definition) is 0. The van der Waals surface area contributed by atoms with Gasteiger partial charge in [0.25, 0.3) is 0 Å². The summed E-state index contributed by atoms with van der Waals surface area (Å²) in [5.41, 5.74) is 0. The third-order valence-corrected chi connectivity index (χ3v) is 103. The summed E-state index contributed by atoms with van der Waals surface area (Å²) in [6.45, 7) is 0.941. The van der Waals surface area contributed by atoms with Gasteiger partial charge in [-0.1, -0.05) is 0 Å². The molecule has 0 aromatic rings. The third-order valence-electron chi connectivity index (χ3n) is 1.27. The van der Waals surface area contributed by atoms with Gasteiger partial charge in [-0.05, 0) is 56.9 Å². The van der Waals surface area contributed by atoms with E-state index in [1.54, 1.807) is 0 Å². The lowest BCUT2D eigenvalue weighted by atomic mass is 28.7. The fourth-order valence-electron chi connectivity index (χ4n) is 0.604. The van der Waals surface area contributed by atoms with E-state index in [0.717, 1.165) is 0 Å². The summed E-state index contributed by atoms with van der Waals surface area (Å²) >= 11 is 0. The zero-order valence-electron chi connectivity index (χ0n) is 8.83. The van der Waals surface area contributed by atoms with E-state index in [1.807, 2.05) is 0 Å². The quantitative estimate of drug-likeness (QED) is 0.280. The first-order valence-corrected chi connectivity index (χ1v) is 33.9. The Morgan fingerprint density at radius 1 is 0.471 bits per heavy atom. The van der Waals surface area contributed by atoms with Crippen molar-refractivity contribution in [2.75, 3.05) is 0 Å². The fourth-order valence-corrected chi connectivity index (χ4v) is 147. The molecular weight excluding hydrogens is 527 g/mol. The molecule has 0 nitrogen and oxygen atoms in total. The minimum atomic E-state index is 0.0813. The molecular formula is H19P17. The average molecular weight is 546 g/mol. The Morgan fingerprint density at radius 2 is 0.824 bits per heavy atom. The molecule has 0 N–H and O–H groups in total. The van der Waals surface area contributed by atoms with E-state index in [9.17, 15) is 0 Å². The van der Waals surface area contributed by atoms with Gasteiger partial charge in [-0.15, -0.1) is 80.4 Å². The van der Waals surface area contributed by atoms with Crippen molar-refractivity contribution in [3.8, 4) is 0 Å². The molecule has 104 valence electrons. The highest BCUT2D eigenvalue weighted by molar-refractivity contribution is 9.25. The van der Waals surface area contributed by atoms with Crippen molar-refractivity contribution in [1.29, 1.82) is 0 Å².